The van der Waals surface area contributed by atoms with Crippen LogP contribution < -0.4 is 0 Å². The molecule has 1 aromatic rings. The molecule has 0 aliphatic heterocycles. The first-order valence-corrected chi connectivity index (χ1v) is 4.97. The van der Waals surface area contributed by atoms with Gasteiger partial charge in [-0.3, -0.25) is 4.79 Å². The minimum Gasteiger partial charge on any atom is -0.298 e. The Kier molecular flexibility index (Phi) is 3.26. The van der Waals surface area contributed by atoms with Crippen LogP contribution in [0.25, 0.3) is 0 Å². The molecular weight excluding hydrogens is 263 g/mol. The van der Waals surface area contributed by atoms with Crippen molar-refractivity contribution < 1.29 is 4.79 Å². The third kappa shape index (κ3) is 2.06. The number of carbonyl (C=O) groups is 1. The van der Waals surface area contributed by atoms with Gasteiger partial charge in [-0.2, -0.15) is 0 Å². The Morgan fingerprint density at radius 2 is 2.08 bits per heavy atom. The van der Waals surface area contributed by atoms with Gasteiger partial charge in [0.1, 0.15) is 6.29 Å². The Morgan fingerprint density at radius 1 is 1.42 bits per heavy atom. The number of hydrogen-bond acceptors (Lipinski definition) is 1. The van der Waals surface area contributed by atoms with Gasteiger partial charge in [-0.15, -0.1) is 0 Å². The monoisotopic (exact) mass is 274 g/mol. The Morgan fingerprint density at radius 3 is 2.58 bits per heavy atom. The summed E-state index contributed by atoms with van der Waals surface area (Å²) in [7, 11) is 0. The van der Waals surface area contributed by atoms with E-state index < -0.39 is 0 Å². The molecule has 0 spiro atoms. The molecule has 0 heterocycles. The van der Waals surface area contributed by atoms with E-state index in [9.17, 15) is 4.79 Å². The molecule has 0 amide bonds. The summed E-state index contributed by atoms with van der Waals surface area (Å²) in [5, 5.41) is 0. The summed E-state index contributed by atoms with van der Waals surface area (Å²) in [4.78, 5) is 10.5. The van der Waals surface area contributed by atoms with Crippen LogP contribution in [0.3, 0.4) is 0 Å². The SMILES string of the molecule is CC(C)c1cc(C=O)ccc1I. The Hall–Kier alpha value is -0.380. The fourth-order valence-electron chi connectivity index (χ4n) is 1.08. The van der Waals surface area contributed by atoms with E-state index in [1.165, 1.54) is 9.13 Å². The van der Waals surface area contributed by atoms with Crippen molar-refractivity contribution in [2.75, 3.05) is 0 Å². The molecular formula is C10H11IO. The van der Waals surface area contributed by atoms with E-state index in [4.69, 9.17) is 0 Å². The molecule has 64 valence electrons. The maximum atomic E-state index is 10.5. The van der Waals surface area contributed by atoms with E-state index in [0.717, 1.165) is 11.8 Å². The molecule has 1 nitrogen and oxygen atoms in total. The third-order valence-corrected chi connectivity index (χ3v) is 2.76. The third-order valence-electron chi connectivity index (χ3n) is 1.78. The zero-order valence-electron chi connectivity index (χ0n) is 7.17. The molecule has 0 aliphatic carbocycles. The fourth-order valence-corrected chi connectivity index (χ4v) is 2.04. The van der Waals surface area contributed by atoms with Crippen molar-refractivity contribution >= 4 is 28.9 Å². The van der Waals surface area contributed by atoms with Crippen LogP contribution in [-0.4, -0.2) is 6.29 Å². The first kappa shape index (κ1) is 9.71. The molecule has 0 saturated heterocycles. The highest BCUT2D eigenvalue weighted by Gasteiger charge is 2.04. The van der Waals surface area contributed by atoms with Crippen molar-refractivity contribution in [3.8, 4) is 0 Å². The fraction of sp³-hybridized carbons (Fsp3) is 0.300. The topological polar surface area (TPSA) is 17.1 Å². The summed E-state index contributed by atoms with van der Waals surface area (Å²) in [6, 6.07) is 5.79. The standard InChI is InChI=1S/C10H11IO/c1-7(2)9-5-8(6-12)3-4-10(9)11/h3-7H,1-2H3. The molecule has 0 radical (unpaired) electrons. The highest BCUT2D eigenvalue weighted by atomic mass is 127. The van der Waals surface area contributed by atoms with Gasteiger partial charge in [-0.05, 0) is 46.2 Å². The number of carbonyl (C=O) groups excluding carboxylic acids is 1. The van der Waals surface area contributed by atoms with E-state index in [1.807, 2.05) is 18.2 Å². The van der Waals surface area contributed by atoms with Crippen LogP contribution >= 0.6 is 22.6 Å². The molecule has 0 fully saturated rings. The molecule has 2 heteroatoms. The van der Waals surface area contributed by atoms with E-state index in [1.54, 1.807) is 0 Å². The summed E-state index contributed by atoms with van der Waals surface area (Å²) in [6.07, 6.45) is 0.891. The van der Waals surface area contributed by atoms with Crippen LogP contribution in [0.2, 0.25) is 0 Å². The summed E-state index contributed by atoms with van der Waals surface area (Å²) in [6.45, 7) is 4.26. The Balaban J connectivity index is 3.16. The average molecular weight is 274 g/mol. The quantitative estimate of drug-likeness (QED) is 0.597. The van der Waals surface area contributed by atoms with E-state index in [2.05, 4.69) is 36.4 Å². The van der Waals surface area contributed by atoms with Gasteiger partial charge >= 0.3 is 0 Å². The lowest BCUT2D eigenvalue weighted by Gasteiger charge is -2.08. The zero-order chi connectivity index (χ0) is 9.14. The maximum absolute atomic E-state index is 10.5. The summed E-state index contributed by atoms with van der Waals surface area (Å²) in [5.74, 6) is 0.483. The number of halogens is 1. The van der Waals surface area contributed by atoms with Crippen molar-refractivity contribution in [2.45, 2.75) is 19.8 Å². The van der Waals surface area contributed by atoms with Crippen molar-refractivity contribution in [1.29, 1.82) is 0 Å². The highest BCUT2D eigenvalue weighted by molar-refractivity contribution is 14.1. The van der Waals surface area contributed by atoms with Crippen LogP contribution in [0.1, 0.15) is 35.7 Å². The average Bonchev–Trinajstić information content (AvgIpc) is 2.05. The highest BCUT2D eigenvalue weighted by Crippen LogP contribution is 2.21. The van der Waals surface area contributed by atoms with Crippen molar-refractivity contribution in [2.24, 2.45) is 0 Å². The lowest BCUT2D eigenvalue weighted by atomic mass is 10.0. The predicted octanol–water partition coefficient (Wildman–Crippen LogP) is 3.23. The van der Waals surface area contributed by atoms with Gasteiger partial charge in [0.15, 0.2) is 0 Å². The van der Waals surface area contributed by atoms with Crippen LogP contribution in [0.5, 0.6) is 0 Å². The van der Waals surface area contributed by atoms with E-state index in [0.29, 0.717) is 5.92 Å². The predicted molar refractivity (Wildman–Crippen MR) is 58.6 cm³/mol. The maximum Gasteiger partial charge on any atom is 0.150 e. The second-order valence-corrected chi connectivity index (χ2v) is 4.22. The molecule has 0 saturated carbocycles. The normalized spacial score (nSPS) is 10.3. The van der Waals surface area contributed by atoms with Crippen molar-refractivity contribution in [3.05, 3.63) is 32.9 Å². The molecule has 0 bridgehead atoms. The smallest absolute Gasteiger partial charge is 0.150 e. The second kappa shape index (κ2) is 4.03. The molecule has 1 aromatic carbocycles. The lowest BCUT2D eigenvalue weighted by molar-refractivity contribution is 0.112. The van der Waals surface area contributed by atoms with Crippen molar-refractivity contribution in [1.82, 2.24) is 0 Å². The van der Waals surface area contributed by atoms with Crippen molar-refractivity contribution in [3.63, 3.8) is 0 Å². The first-order valence-electron chi connectivity index (χ1n) is 3.89. The van der Waals surface area contributed by atoms with E-state index >= 15 is 0 Å². The summed E-state index contributed by atoms with van der Waals surface area (Å²) >= 11 is 2.29. The molecule has 12 heavy (non-hydrogen) atoms. The first-order chi connectivity index (χ1) is 5.65. The van der Waals surface area contributed by atoms with Gasteiger partial charge in [-0.25, -0.2) is 0 Å². The largest absolute Gasteiger partial charge is 0.298 e. The molecule has 0 atom stereocenters. The number of aldehydes is 1. The summed E-state index contributed by atoms with van der Waals surface area (Å²) < 4.78 is 1.23. The number of hydrogen-bond donors (Lipinski definition) is 0. The lowest BCUT2D eigenvalue weighted by Crippen LogP contribution is -1.93. The summed E-state index contributed by atoms with van der Waals surface area (Å²) in [5.41, 5.74) is 2.01. The van der Waals surface area contributed by atoms with Gasteiger partial charge in [0.05, 0.1) is 0 Å². The number of benzene rings is 1. The van der Waals surface area contributed by atoms with Gasteiger partial charge in [0, 0.05) is 9.13 Å². The number of rotatable bonds is 2. The molecule has 0 aromatic heterocycles. The Bertz CT molecular complexity index is 292. The minimum atomic E-state index is 0.483. The van der Waals surface area contributed by atoms with Gasteiger partial charge in [0.25, 0.3) is 0 Å². The second-order valence-electron chi connectivity index (χ2n) is 3.05. The van der Waals surface area contributed by atoms with Gasteiger partial charge < -0.3 is 0 Å². The van der Waals surface area contributed by atoms with Gasteiger partial charge in [-0.1, -0.05) is 19.9 Å². The van der Waals surface area contributed by atoms with Crippen LogP contribution in [-0.2, 0) is 0 Å². The van der Waals surface area contributed by atoms with Crippen LogP contribution in [0, 0.1) is 3.57 Å². The van der Waals surface area contributed by atoms with Crippen LogP contribution in [0.4, 0.5) is 0 Å². The minimum absolute atomic E-state index is 0.483. The Labute approximate surface area is 86.3 Å². The molecule has 0 aliphatic rings. The van der Waals surface area contributed by atoms with Crippen LogP contribution in [0.15, 0.2) is 18.2 Å². The molecule has 0 unspecified atom stereocenters. The molecule has 1 rings (SSSR count). The molecule has 0 N–H and O–H groups in total. The zero-order valence-corrected chi connectivity index (χ0v) is 9.33. The van der Waals surface area contributed by atoms with Gasteiger partial charge in [0.2, 0.25) is 0 Å². The van der Waals surface area contributed by atoms with E-state index in [-0.39, 0.29) is 0 Å².